The van der Waals surface area contributed by atoms with Crippen LogP contribution in [0.4, 0.5) is 10.9 Å². The van der Waals surface area contributed by atoms with Crippen LogP contribution in [0.2, 0.25) is 5.28 Å². The number of sulfone groups is 1. The van der Waals surface area contributed by atoms with Crippen molar-refractivity contribution in [3.05, 3.63) is 57.4 Å². The molecule has 2 aromatic heterocycles. The molecule has 0 saturated heterocycles. The molecular formula is C22H21ClN6O3S2. The van der Waals surface area contributed by atoms with Crippen LogP contribution in [0.3, 0.4) is 0 Å². The molecule has 0 aliphatic carbocycles. The Kier molecular flexibility index (Phi) is 6.58. The zero-order chi connectivity index (χ0) is 24.6. The first kappa shape index (κ1) is 24.1. The molecule has 3 aromatic rings. The number of thiazole rings is 1. The molecule has 34 heavy (non-hydrogen) atoms. The average molecular weight is 517 g/mol. The number of hydrogen-bond donors (Lipinski definition) is 1. The van der Waals surface area contributed by atoms with Gasteiger partial charge in [-0.2, -0.15) is 10.2 Å². The second-order valence-electron chi connectivity index (χ2n) is 8.27. The highest BCUT2D eigenvalue weighted by molar-refractivity contribution is 7.90. The Morgan fingerprint density at radius 1 is 1.32 bits per heavy atom. The highest BCUT2D eigenvalue weighted by Gasteiger charge is 2.38. The van der Waals surface area contributed by atoms with Crippen LogP contribution in [0.1, 0.15) is 41.6 Å². The maximum atomic E-state index is 12.6. The summed E-state index contributed by atoms with van der Waals surface area (Å²) in [5.74, 6) is 0.377. The molecule has 1 aliphatic rings. The molecule has 0 fully saturated rings. The first-order valence-electron chi connectivity index (χ1n) is 10.3. The zero-order valence-electron chi connectivity index (χ0n) is 18.6. The molecule has 4 rings (SSSR count). The predicted octanol–water partition coefficient (Wildman–Crippen LogP) is 3.76. The molecule has 0 bridgehead atoms. The molecule has 12 heteroatoms. The summed E-state index contributed by atoms with van der Waals surface area (Å²) in [5.41, 5.74) is 1.87. The summed E-state index contributed by atoms with van der Waals surface area (Å²) in [5, 5.41) is 12.9. The van der Waals surface area contributed by atoms with Crippen LogP contribution in [-0.2, 0) is 27.6 Å². The number of nitrogens with one attached hydrogen (secondary N) is 1. The third-order valence-corrected chi connectivity index (χ3v) is 7.67. The normalized spacial score (nSPS) is 15.3. The smallest absolute Gasteiger partial charge is 0.230 e. The van der Waals surface area contributed by atoms with Crippen molar-refractivity contribution < 1.29 is 13.2 Å². The van der Waals surface area contributed by atoms with E-state index in [9.17, 15) is 18.5 Å². The van der Waals surface area contributed by atoms with Crippen LogP contribution < -0.4 is 10.2 Å². The Bertz CT molecular complexity index is 1400. The Morgan fingerprint density at radius 3 is 2.65 bits per heavy atom. The van der Waals surface area contributed by atoms with Crippen molar-refractivity contribution >= 4 is 49.6 Å². The van der Waals surface area contributed by atoms with E-state index >= 15 is 0 Å². The molecule has 1 aromatic carbocycles. The molecule has 0 radical (unpaired) electrons. The monoisotopic (exact) mass is 516 g/mol. The molecule has 0 unspecified atom stereocenters. The van der Waals surface area contributed by atoms with Crippen molar-refractivity contribution in [3.8, 4) is 6.07 Å². The lowest BCUT2D eigenvalue weighted by atomic mass is 10.0. The van der Waals surface area contributed by atoms with Crippen molar-refractivity contribution in [1.82, 2.24) is 15.0 Å². The number of nitriles is 1. The fourth-order valence-corrected chi connectivity index (χ4v) is 5.67. The van der Waals surface area contributed by atoms with Gasteiger partial charge in [-0.15, -0.1) is 0 Å². The molecule has 0 saturated carbocycles. The van der Waals surface area contributed by atoms with Gasteiger partial charge in [0.15, 0.2) is 20.8 Å². The number of anilines is 2. The van der Waals surface area contributed by atoms with Crippen LogP contribution in [0, 0.1) is 17.2 Å². The Labute approximate surface area is 206 Å². The highest BCUT2D eigenvalue weighted by atomic mass is 35.5. The van der Waals surface area contributed by atoms with E-state index in [0.717, 1.165) is 16.8 Å². The lowest BCUT2D eigenvalue weighted by Gasteiger charge is -2.29. The quantitative estimate of drug-likeness (QED) is 0.490. The van der Waals surface area contributed by atoms with Crippen LogP contribution in [0.15, 0.2) is 35.4 Å². The van der Waals surface area contributed by atoms with Gasteiger partial charge in [0.1, 0.15) is 11.6 Å². The Hall–Kier alpha value is -3.07. The predicted molar refractivity (Wildman–Crippen MR) is 130 cm³/mol. The fraction of sp³-hybridized carbons (Fsp3) is 0.318. The van der Waals surface area contributed by atoms with Crippen LogP contribution in [0.25, 0.3) is 0 Å². The molecule has 9 nitrogen and oxygen atoms in total. The van der Waals surface area contributed by atoms with Gasteiger partial charge in [-0.3, -0.25) is 4.79 Å². The summed E-state index contributed by atoms with van der Waals surface area (Å²) in [6.45, 7) is 4.60. The van der Waals surface area contributed by atoms with Crippen LogP contribution >= 0.6 is 22.9 Å². The van der Waals surface area contributed by atoms with E-state index in [1.807, 2.05) is 4.90 Å². The number of amides is 1. The van der Waals surface area contributed by atoms with Crippen LogP contribution in [0.5, 0.6) is 0 Å². The number of nitrogens with zero attached hydrogens (tertiary/aromatic N) is 5. The second-order valence-corrected chi connectivity index (χ2v) is 11.7. The fourth-order valence-electron chi connectivity index (χ4n) is 3.90. The van der Waals surface area contributed by atoms with Gasteiger partial charge in [-0.25, -0.2) is 18.4 Å². The number of carbonyl (C=O) groups excluding carboxylic acids is 1. The number of halogens is 1. The molecule has 3 heterocycles. The van der Waals surface area contributed by atoms with E-state index in [0.29, 0.717) is 28.6 Å². The van der Waals surface area contributed by atoms with Gasteiger partial charge >= 0.3 is 0 Å². The summed E-state index contributed by atoms with van der Waals surface area (Å²) in [6.07, 6.45) is 2.65. The summed E-state index contributed by atoms with van der Waals surface area (Å²) < 4.78 is 23.2. The van der Waals surface area contributed by atoms with E-state index in [2.05, 4.69) is 40.2 Å². The third-order valence-electron chi connectivity index (χ3n) is 5.38. The van der Waals surface area contributed by atoms with Gasteiger partial charge < -0.3 is 10.2 Å². The van der Waals surface area contributed by atoms with E-state index < -0.39 is 9.84 Å². The Morgan fingerprint density at radius 2 is 2.03 bits per heavy atom. The van der Waals surface area contributed by atoms with Crippen molar-refractivity contribution in [1.29, 1.82) is 5.26 Å². The second kappa shape index (κ2) is 9.29. The molecule has 0 spiro atoms. The number of hydrogen-bond acceptors (Lipinski definition) is 9. The molecule has 1 amide bonds. The van der Waals surface area contributed by atoms with E-state index in [1.165, 1.54) is 29.7 Å². The number of benzene rings is 1. The number of rotatable bonds is 6. The molecule has 1 atom stereocenters. The first-order chi connectivity index (χ1) is 16.1. The maximum Gasteiger partial charge on any atom is 0.230 e. The van der Waals surface area contributed by atoms with Crippen molar-refractivity contribution in [3.63, 3.8) is 0 Å². The SMILES string of the molecule is CC(C)[C@H]1c2nc(NC(=O)Cc3ccc(S(C)(=O)=O)cc3)sc2CN1c1nc(Cl)ncc1C#N. The Balaban J connectivity index is 1.51. The number of fused-ring (bicyclic) bond motifs is 1. The average Bonchev–Trinajstić information content (AvgIpc) is 3.30. The standard InChI is InChI=1S/C22H21ClN6O3S2/c1-12(2)19-18-16(11-29(19)20-14(9-24)10-25-21(23)28-20)33-22(27-18)26-17(30)8-13-4-6-15(7-5-13)34(3,31)32/h4-7,10,12,19H,8,11H2,1-3H3,(H,26,27,30)/t19-/m0/s1. The first-order valence-corrected chi connectivity index (χ1v) is 13.4. The van der Waals surface area contributed by atoms with Crippen molar-refractivity contribution in [2.45, 2.75) is 37.8 Å². The summed E-state index contributed by atoms with van der Waals surface area (Å²) in [7, 11) is -3.28. The van der Waals surface area contributed by atoms with Gasteiger partial charge in [-0.05, 0) is 35.2 Å². The van der Waals surface area contributed by atoms with Gasteiger partial charge in [0, 0.05) is 6.26 Å². The van der Waals surface area contributed by atoms with Gasteiger partial charge in [0.05, 0.1) is 40.7 Å². The highest BCUT2D eigenvalue weighted by Crippen LogP contribution is 2.45. The van der Waals surface area contributed by atoms with E-state index in [-0.39, 0.29) is 34.5 Å². The van der Waals surface area contributed by atoms with Crippen molar-refractivity contribution in [2.24, 2.45) is 5.92 Å². The van der Waals surface area contributed by atoms with E-state index in [4.69, 9.17) is 11.6 Å². The zero-order valence-corrected chi connectivity index (χ0v) is 21.0. The minimum Gasteiger partial charge on any atom is -0.341 e. The van der Waals surface area contributed by atoms with E-state index in [1.54, 1.807) is 12.1 Å². The summed E-state index contributed by atoms with van der Waals surface area (Å²) >= 11 is 7.38. The third kappa shape index (κ3) is 4.89. The summed E-state index contributed by atoms with van der Waals surface area (Å²) in [4.78, 5) is 28.6. The summed E-state index contributed by atoms with van der Waals surface area (Å²) in [6, 6.07) is 8.22. The number of carbonyl (C=O) groups is 1. The van der Waals surface area contributed by atoms with Crippen LogP contribution in [-0.4, -0.2) is 35.5 Å². The molecule has 1 aliphatic heterocycles. The molecule has 1 N–H and O–H groups in total. The largest absolute Gasteiger partial charge is 0.341 e. The maximum absolute atomic E-state index is 12.6. The van der Waals surface area contributed by atoms with Gasteiger partial charge in [-0.1, -0.05) is 37.3 Å². The lowest BCUT2D eigenvalue weighted by molar-refractivity contribution is -0.115. The number of aromatic nitrogens is 3. The molecular weight excluding hydrogens is 496 g/mol. The minimum atomic E-state index is -3.28. The van der Waals surface area contributed by atoms with Gasteiger partial charge in [0.25, 0.3) is 0 Å². The minimum absolute atomic E-state index is 0.0669. The lowest BCUT2D eigenvalue weighted by Crippen LogP contribution is -2.28. The van der Waals surface area contributed by atoms with Gasteiger partial charge in [0.2, 0.25) is 11.2 Å². The molecule has 176 valence electrons. The topological polar surface area (TPSA) is 129 Å². The van der Waals surface area contributed by atoms with Crippen molar-refractivity contribution in [2.75, 3.05) is 16.5 Å².